The molecule has 130 valence electrons. The maximum Gasteiger partial charge on any atom is 0.137 e. The summed E-state index contributed by atoms with van der Waals surface area (Å²) in [6.07, 6.45) is 10.0. The van der Waals surface area contributed by atoms with Crippen molar-refractivity contribution in [3.63, 3.8) is 0 Å². The molecule has 25 heavy (non-hydrogen) atoms. The second-order valence-electron chi connectivity index (χ2n) is 6.92. The molecule has 0 radical (unpaired) electrons. The molecular weight excluding hydrogens is 312 g/mol. The number of fused-ring (bicyclic) bond motifs is 1. The lowest BCUT2D eigenvalue weighted by molar-refractivity contribution is 0.232. The molecule has 0 aromatic carbocycles. The Labute approximate surface area is 147 Å². The Hall–Kier alpha value is -2.31. The van der Waals surface area contributed by atoms with Gasteiger partial charge in [-0.15, -0.1) is 0 Å². The third kappa shape index (κ3) is 3.86. The number of aromatic amines is 1. The van der Waals surface area contributed by atoms with E-state index in [1.807, 2.05) is 30.9 Å². The predicted molar refractivity (Wildman–Crippen MR) is 99.0 cm³/mol. The van der Waals surface area contributed by atoms with Crippen molar-refractivity contribution in [2.24, 2.45) is 5.92 Å². The highest BCUT2D eigenvalue weighted by Crippen LogP contribution is 2.20. The average molecular weight is 336 g/mol. The molecule has 0 bridgehead atoms. The van der Waals surface area contributed by atoms with Crippen molar-refractivity contribution >= 4 is 11.0 Å². The number of nitrogens with one attached hydrogen (secondary N) is 2. The highest BCUT2D eigenvalue weighted by atomic mass is 15.1. The van der Waals surface area contributed by atoms with E-state index in [1.54, 1.807) is 0 Å². The lowest BCUT2D eigenvalue weighted by Gasteiger charge is -2.27. The first-order chi connectivity index (χ1) is 12.3. The van der Waals surface area contributed by atoms with Gasteiger partial charge in [-0.2, -0.15) is 0 Å². The fourth-order valence-electron chi connectivity index (χ4n) is 3.51. The zero-order valence-electron chi connectivity index (χ0n) is 14.6. The maximum absolute atomic E-state index is 4.60. The van der Waals surface area contributed by atoms with Crippen molar-refractivity contribution in [2.75, 3.05) is 26.7 Å². The van der Waals surface area contributed by atoms with Gasteiger partial charge in [-0.05, 0) is 51.0 Å². The van der Waals surface area contributed by atoms with Crippen molar-refractivity contribution < 1.29 is 0 Å². The van der Waals surface area contributed by atoms with Crippen molar-refractivity contribution in [1.29, 1.82) is 0 Å². The Morgan fingerprint density at radius 2 is 2.00 bits per heavy atom. The smallest absolute Gasteiger partial charge is 0.137 e. The fourth-order valence-corrected chi connectivity index (χ4v) is 3.51. The summed E-state index contributed by atoms with van der Waals surface area (Å²) in [6, 6.07) is 4.11. The van der Waals surface area contributed by atoms with Gasteiger partial charge in [-0.1, -0.05) is 0 Å². The van der Waals surface area contributed by atoms with Gasteiger partial charge in [0, 0.05) is 36.4 Å². The summed E-state index contributed by atoms with van der Waals surface area (Å²) in [7, 11) is 2.17. The van der Waals surface area contributed by atoms with Crippen LogP contribution >= 0.6 is 0 Å². The van der Waals surface area contributed by atoms with Crippen LogP contribution in [-0.4, -0.2) is 51.5 Å². The second kappa shape index (κ2) is 7.29. The molecule has 0 amide bonds. The first-order valence-corrected chi connectivity index (χ1v) is 8.91. The first kappa shape index (κ1) is 16.2. The van der Waals surface area contributed by atoms with Gasteiger partial charge >= 0.3 is 0 Å². The van der Waals surface area contributed by atoms with Gasteiger partial charge in [-0.25, -0.2) is 4.98 Å². The lowest BCUT2D eigenvalue weighted by atomic mass is 9.98. The van der Waals surface area contributed by atoms with Crippen molar-refractivity contribution in [3.05, 3.63) is 42.6 Å². The highest BCUT2D eigenvalue weighted by molar-refractivity contribution is 5.80. The largest absolute Gasteiger partial charge is 0.346 e. The number of aromatic nitrogens is 4. The van der Waals surface area contributed by atoms with Crippen LogP contribution in [0.5, 0.6) is 0 Å². The summed E-state index contributed by atoms with van der Waals surface area (Å²) in [5.74, 6) is 0.789. The Morgan fingerprint density at radius 1 is 1.12 bits per heavy atom. The van der Waals surface area contributed by atoms with Gasteiger partial charge in [-0.3, -0.25) is 9.97 Å². The minimum atomic E-state index is 0.789. The van der Waals surface area contributed by atoms with Crippen LogP contribution < -0.4 is 5.32 Å². The Morgan fingerprint density at radius 3 is 2.80 bits per heavy atom. The molecule has 1 saturated heterocycles. The molecule has 2 N–H and O–H groups in total. The molecule has 4 heterocycles. The molecular formula is C19H24N6. The number of hydrogen-bond acceptors (Lipinski definition) is 5. The normalized spacial score (nSPS) is 15.9. The topological polar surface area (TPSA) is 69.7 Å². The number of piperidine rings is 1. The molecule has 6 nitrogen and oxygen atoms in total. The molecule has 6 heteroatoms. The van der Waals surface area contributed by atoms with Crippen LogP contribution in [0.3, 0.4) is 0 Å². The molecule has 1 aliphatic rings. The van der Waals surface area contributed by atoms with Crippen LogP contribution in [0, 0.1) is 5.92 Å². The predicted octanol–water partition coefficient (Wildman–Crippen LogP) is 2.45. The third-order valence-corrected chi connectivity index (χ3v) is 4.86. The van der Waals surface area contributed by atoms with Crippen LogP contribution in [0.1, 0.15) is 18.5 Å². The first-order valence-electron chi connectivity index (χ1n) is 8.91. The number of nitrogens with zero attached hydrogens (tertiary/aromatic N) is 4. The molecule has 3 aromatic heterocycles. The van der Waals surface area contributed by atoms with Crippen molar-refractivity contribution in [3.8, 4) is 11.3 Å². The van der Waals surface area contributed by atoms with E-state index in [-0.39, 0.29) is 0 Å². The number of H-pyrrole nitrogens is 1. The Kier molecular flexibility index (Phi) is 4.72. The monoisotopic (exact) mass is 336 g/mol. The maximum atomic E-state index is 4.60. The quantitative estimate of drug-likeness (QED) is 0.749. The zero-order valence-corrected chi connectivity index (χ0v) is 14.6. The molecule has 0 saturated carbocycles. The van der Waals surface area contributed by atoms with Crippen LogP contribution in [0.25, 0.3) is 22.3 Å². The molecule has 0 spiro atoms. The minimum absolute atomic E-state index is 0.789. The summed E-state index contributed by atoms with van der Waals surface area (Å²) < 4.78 is 0. The summed E-state index contributed by atoms with van der Waals surface area (Å²) in [4.78, 5) is 19.1. The SMILES string of the molecule is CN(Cc1cnc(-c2cnc3[nH]ccc3c2)cn1)CC1CCNCC1. The Balaban J connectivity index is 1.40. The van der Waals surface area contributed by atoms with Crippen LogP contribution in [-0.2, 0) is 6.54 Å². The van der Waals surface area contributed by atoms with Crippen molar-refractivity contribution in [2.45, 2.75) is 19.4 Å². The van der Waals surface area contributed by atoms with Crippen LogP contribution in [0.15, 0.2) is 36.9 Å². The average Bonchev–Trinajstić information content (AvgIpc) is 3.11. The Bertz CT molecular complexity index is 819. The molecule has 0 atom stereocenters. The van der Waals surface area contributed by atoms with E-state index in [2.05, 4.69) is 43.3 Å². The van der Waals surface area contributed by atoms with E-state index in [4.69, 9.17) is 0 Å². The van der Waals surface area contributed by atoms with Crippen molar-refractivity contribution in [1.82, 2.24) is 30.2 Å². The van der Waals surface area contributed by atoms with E-state index < -0.39 is 0 Å². The van der Waals surface area contributed by atoms with E-state index in [1.165, 1.54) is 12.8 Å². The van der Waals surface area contributed by atoms with Gasteiger partial charge in [0.25, 0.3) is 0 Å². The molecule has 3 aromatic rings. The van der Waals surface area contributed by atoms with Gasteiger partial charge in [0.1, 0.15) is 5.65 Å². The van der Waals surface area contributed by atoms with Gasteiger partial charge in [0.15, 0.2) is 0 Å². The second-order valence-corrected chi connectivity index (χ2v) is 6.92. The zero-order chi connectivity index (χ0) is 17.1. The van der Waals surface area contributed by atoms with E-state index in [0.717, 1.165) is 60.1 Å². The standard InChI is InChI=1S/C19H24N6/c1-25(12-14-2-5-20-6-3-14)13-17-10-23-18(11-22-17)16-8-15-4-7-21-19(15)24-9-16/h4,7-11,14,20H,2-3,5-6,12-13H2,1H3,(H,21,24). The molecule has 1 fully saturated rings. The number of pyridine rings is 1. The van der Waals surface area contributed by atoms with Crippen LogP contribution in [0.2, 0.25) is 0 Å². The number of hydrogen-bond donors (Lipinski definition) is 2. The summed E-state index contributed by atoms with van der Waals surface area (Å²) in [6.45, 7) is 4.25. The van der Waals surface area contributed by atoms with E-state index >= 15 is 0 Å². The third-order valence-electron chi connectivity index (χ3n) is 4.86. The molecule has 0 aliphatic carbocycles. The van der Waals surface area contributed by atoms with Gasteiger partial charge < -0.3 is 15.2 Å². The van der Waals surface area contributed by atoms with E-state index in [9.17, 15) is 0 Å². The van der Waals surface area contributed by atoms with E-state index in [0.29, 0.717) is 0 Å². The fraction of sp³-hybridized carbons (Fsp3) is 0.421. The summed E-state index contributed by atoms with van der Waals surface area (Å²) >= 11 is 0. The molecule has 1 aliphatic heterocycles. The van der Waals surface area contributed by atoms with Gasteiger partial charge in [0.2, 0.25) is 0 Å². The molecule has 4 rings (SSSR count). The summed E-state index contributed by atoms with van der Waals surface area (Å²) in [5.41, 5.74) is 3.76. The highest BCUT2D eigenvalue weighted by Gasteiger charge is 2.15. The van der Waals surface area contributed by atoms with Gasteiger partial charge in [0.05, 0.1) is 23.8 Å². The van der Waals surface area contributed by atoms with Crippen LogP contribution in [0.4, 0.5) is 0 Å². The summed E-state index contributed by atoms with van der Waals surface area (Å²) in [5, 5.41) is 4.51. The number of rotatable bonds is 5. The molecule has 0 unspecified atom stereocenters. The minimum Gasteiger partial charge on any atom is -0.346 e. The lowest BCUT2D eigenvalue weighted by Crippen LogP contribution is -2.34.